The van der Waals surface area contributed by atoms with Gasteiger partial charge in [-0.05, 0) is 35.4 Å². The summed E-state index contributed by atoms with van der Waals surface area (Å²) in [6.45, 7) is 2.07. The van der Waals surface area contributed by atoms with Gasteiger partial charge in [0.05, 0.1) is 12.7 Å². The van der Waals surface area contributed by atoms with E-state index >= 15 is 0 Å². The van der Waals surface area contributed by atoms with E-state index in [9.17, 15) is 9.50 Å². The number of nitrogens with zero attached hydrogens (tertiary/aromatic N) is 1. The zero-order chi connectivity index (χ0) is 19.1. The monoisotopic (exact) mass is 371 g/mol. The molecule has 0 saturated carbocycles. The molecule has 1 aliphatic rings. The molecule has 1 unspecified atom stereocenters. The van der Waals surface area contributed by atoms with Crippen molar-refractivity contribution < 1.29 is 23.7 Å². The van der Waals surface area contributed by atoms with E-state index in [0.717, 1.165) is 16.9 Å². The zero-order valence-corrected chi connectivity index (χ0v) is 14.9. The molecule has 3 rings (SSSR count). The molecule has 2 aromatic carbocycles. The van der Waals surface area contributed by atoms with E-state index in [4.69, 9.17) is 20.6 Å². The summed E-state index contributed by atoms with van der Waals surface area (Å²) < 4.78 is 29.2. The lowest BCUT2D eigenvalue weighted by Gasteiger charge is -2.25. The molecule has 5 nitrogen and oxygen atoms in total. The molecule has 27 heavy (non-hydrogen) atoms. The number of ether oxygens (including phenoxy) is 3. The minimum atomic E-state index is -0.687. The van der Waals surface area contributed by atoms with Gasteiger partial charge in [0.15, 0.2) is 11.5 Å². The second-order valence-electron chi connectivity index (χ2n) is 6.36. The summed E-state index contributed by atoms with van der Waals surface area (Å²) in [6, 6.07) is 12.1. The van der Waals surface area contributed by atoms with Gasteiger partial charge in [-0.2, -0.15) is 0 Å². The summed E-state index contributed by atoms with van der Waals surface area (Å²) in [6.07, 6.45) is 4.47. The highest BCUT2D eigenvalue weighted by atomic mass is 19.1. The minimum absolute atomic E-state index is 0.158. The van der Waals surface area contributed by atoms with Crippen LogP contribution in [0, 0.1) is 18.2 Å². The van der Waals surface area contributed by atoms with Crippen LogP contribution >= 0.6 is 0 Å². The van der Waals surface area contributed by atoms with Gasteiger partial charge in [0, 0.05) is 19.6 Å². The quantitative estimate of drug-likeness (QED) is 0.542. The van der Waals surface area contributed by atoms with Crippen LogP contribution in [-0.4, -0.2) is 42.7 Å². The number of aliphatic hydroxyl groups excluding tert-OH is 1. The minimum Gasteiger partial charge on any atom is -0.454 e. The van der Waals surface area contributed by atoms with Crippen LogP contribution in [-0.2, 0) is 17.8 Å². The molecule has 2 aromatic rings. The summed E-state index contributed by atoms with van der Waals surface area (Å²) in [5.74, 6) is 3.55. The highest BCUT2D eigenvalue weighted by Crippen LogP contribution is 2.32. The molecule has 6 heteroatoms. The van der Waals surface area contributed by atoms with Crippen LogP contribution in [0.4, 0.5) is 4.39 Å². The Morgan fingerprint density at radius 2 is 1.81 bits per heavy atom. The van der Waals surface area contributed by atoms with Crippen molar-refractivity contribution in [2.45, 2.75) is 19.2 Å². The SMILES string of the molecule is C#CCOCC(O)CN(Cc1ccc(F)cc1)Cc1ccc2c(c1)OCO2. The Bertz CT molecular complexity index is 788. The van der Waals surface area contributed by atoms with Crippen LogP contribution in [0.2, 0.25) is 0 Å². The van der Waals surface area contributed by atoms with Gasteiger partial charge in [-0.15, -0.1) is 6.42 Å². The van der Waals surface area contributed by atoms with Gasteiger partial charge in [-0.25, -0.2) is 4.39 Å². The summed E-state index contributed by atoms with van der Waals surface area (Å²) in [7, 11) is 0. The standard InChI is InChI=1S/C21H22FNO4/c1-2-9-25-14-19(24)13-23(11-16-3-6-18(22)7-4-16)12-17-5-8-20-21(10-17)27-15-26-20/h1,3-8,10,19,24H,9,11-15H2. The Morgan fingerprint density at radius 1 is 1.11 bits per heavy atom. The molecule has 0 saturated heterocycles. The van der Waals surface area contributed by atoms with Crippen molar-refractivity contribution in [3.05, 3.63) is 59.4 Å². The lowest BCUT2D eigenvalue weighted by atomic mass is 10.1. The lowest BCUT2D eigenvalue weighted by molar-refractivity contribution is 0.0243. The zero-order valence-electron chi connectivity index (χ0n) is 14.9. The number of terminal acetylenes is 1. The number of aliphatic hydroxyl groups is 1. The number of rotatable bonds is 9. The van der Waals surface area contributed by atoms with Gasteiger partial charge >= 0.3 is 0 Å². The second-order valence-corrected chi connectivity index (χ2v) is 6.36. The maximum Gasteiger partial charge on any atom is 0.231 e. The predicted octanol–water partition coefficient (Wildman–Crippen LogP) is 2.57. The Hall–Kier alpha value is -2.59. The molecule has 1 heterocycles. The first kappa shape index (κ1) is 19.2. The van der Waals surface area contributed by atoms with Crippen molar-refractivity contribution in [1.82, 2.24) is 4.90 Å². The number of hydrogen-bond acceptors (Lipinski definition) is 5. The van der Waals surface area contributed by atoms with Crippen molar-refractivity contribution in [1.29, 1.82) is 0 Å². The van der Waals surface area contributed by atoms with Crippen LogP contribution in [0.25, 0.3) is 0 Å². The molecule has 0 aromatic heterocycles. The Kier molecular flexibility index (Phi) is 6.66. The fraction of sp³-hybridized carbons (Fsp3) is 0.333. The largest absolute Gasteiger partial charge is 0.454 e. The third-order valence-electron chi connectivity index (χ3n) is 4.13. The van der Waals surface area contributed by atoms with Gasteiger partial charge in [0.1, 0.15) is 12.4 Å². The van der Waals surface area contributed by atoms with Gasteiger partial charge < -0.3 is 19.3 Å². The third-order valence-corrected chi connectivity index (χ3v) is 4.13. The van der Waals surface area contributed by atoms with Crippen LogP contribution in [0.5, 0.6) is 11.5 Å². The Balaban J connectivity index is 1.68. The highest BCUT2D eigenvalue weighted by Gasteiger charge is 2.17. The molecular formula is C21H22FNO4. The second kappa shape index (κ2) is 9.38. The number of benzene rings is 2. The summed E-state index contributed by atoms with van der Waals surface area (Å²) in [4.78, 5) is 2.06. The van der Waals surface area contributed by atoms with Crippen LogP contribution < -0.4 is 9.47 Å². The Labute approximate surface area is 158 Å². The van der Waals surface area contributed by atoms with Crippen LogP contribution in [0.1, 0.15) is 11.1 Å². The number of hydrogen-bond donors (Lipinski definition) is 1. The summed E-state index contributed by atoms with van der Waals surface area (Å²) >= 11 is 0. The number of halogens is 1. The van der Waals surface area contributed by atoms with E-state index in [-0.39, 0.29) is 25.8 Å². The molecule has 142 valence electrons. The maximum absolute atomic E-state index is 13.2. The average Bonchev–Trinajstić information content (AvgIpc) is 3.11. The molecule has 0 bridgehead atoms. The van der Waals surface area contributed by atoms with Crippen LogP contribution in [0.15, 0.2) is 42.5 Å². The van der Waals surface area contributed by atoms with Crippen molar-refractivity contribution in [2.24, 2.45) is 0 Å². The van der Waals surface area contributed by atoms with Crippen molar-refractivity contribution in [3.63, 3.8) is 0 Å². The van der Waals surface area contributed by atoms with E-state index in [1.165, 1.54) is 12.1 Å². The fourth-order valence-electron chi connectivity index (χ4n) is 2.94. The number of fused-ring (bicyclic) bond motifs is 1. The van der Waals surface area contributed by atoms with Crippen molar-refractivity contribution >= 4 is 0 Å². The maximum atomic E-state index is 13.2. The molecule has 0 fully saturated rings. The van der Waals surface area contributed by atoms with Gasteiger partial charge in [0.25, 0.3) is 0 Å². The van der Waals surface area contributed by atoms with Gasteiger partial charge in [-0.3, -0.25) is 4.90 Å². The summed E-state index contributed by atoms with van der Waals surface area (Å²) in [5, 5.41) is 10.3. The van der Waals surface area contributed by atoms with Gasteiger partial charge in [0.2, 0.25) is 6.79 Å². The molecule has 0 radical (unpaired) electrons. The van der Waals surface area contributed by atoms with E-state index in [1.807, 2.05) is 18.2 Å². The smallest absolute Gasteiger partial charge is 0.231 e. The molecule has 1 atom stereocenters. The first-order chi connectivity index (χ1) is 13.1. The first-order valence-electron chi connectivity index (χ1n) is 8.68. The third kappa shape index (κ3) is 5.69. The van der Waals surface area contributed by atoms with E-state index in [1.54, 1.807) is 12.1 Å². The molecule has 1 aliphatic heterocycles. The van der Waals surface area contributed by atoms with E-state index < -0.39 is 6.10 Å². The topological polar surface area (TPSA) is 51.2 Å². The normalized spacial score (nSPS) is 13.6. The first-order valence-corrected chi connectivity index (χ1v) is 8.68. The highest BCUT2D eigenvalue weighted by molar-refractivity contribution is 5.44. The Morgan fingerprint density at radius 3 is 2.59 bits per heavy atom. The predicted molar refractivity (Wildman–Crippen MR) is 98.7 cm³/mol. The van der Waals surface area contributed by atoms with Crippen LogP contribution in [0.3, 0.4) is 0 Å². The average molecular weight is 371 g/mol. The molecule has 0 amide bonds. The van der Waals surface area contributed by atoms with E-state index in [0.29, 0.717) is 25.4 Å². The van der Waals surface area contributed by atoms with Crippen molar-refractivity contribution in [2.75, 3.05) is 26.6 Å². The fourth-order valence-corrected chi connectivity index (χ4v) is 2.94. The lowest BCUT2D eigenvalue weighted by Crippen LogP contribution is -2.34. The van der Waals surface area contributed by atoms with Crippen molar-refractivity contribution in [3.8, 4) is 23.8 Å². The van der Waals surface area contributed by atoms with Gasteiger partial charge in [-0.1, -0.05) is 24.1 Å². The molecule has 0 aliphatic carbocycles. The summed E-state index contributed by atoms with van der Waals surface area (Å²) in [5.41, 5.74) is 1.98. The molecular weight excluding hydrogens is 349 g/mol. The molecule has 0 spiro atoms. The van der Waals surface area contributed by atoms with E-state index in [2.05, 4.69) is 10.8 Å². The molecule has 1 N–H and O–H groups in total.